The van der Waals surface area contributed by atoms with Crippen LogP contribution < -0.4 is 0 Å². The van der Waals surface area contributed by atoms with E-state index in [1.807, 2.05) is 32.9 Å². The fraction of sp³-hybridized carbons (Fsp3) is 0.571. The normalized spacial score (nSPS) is 26.7. The van der Waals surface area contributed by atoms with Crippen LogP contribution in [0.5, 0.6) is 0 Å². The highest BCUT2D eigenvalue weighted by atomic mass is 19.4. The summed E-state index contributed by atoms with van der Waals surface area (Å²) < 4.78 is 48.8. The van der Waals surface area contributed by atoms with E-state index in [0.717, 1.165) is 23.6 Å². The lowest BCUT2D eigenvalue weighted by Gasteiger charge is -2.36. The number of hydrogen-bond acceptors (Lipinski definition) is 4. The smallest absolute Gasteiger partial charge is 0.414 e. The van der Waals surface area contributed by atoms with Gasteiger partial charge in [0, 0.05) is 0 Å². The molecule has 1 heterocycles. The van der Waals surface area contributed by atoms with Crippen molar-refractivity contribution in [3.05, 3.63) is 40.1 Å². The van der Waals surface area contributed by atoms with E-state index in [2.05, 4.69) is 0 Å². The number of benzene rings is 1. The topological polar surface area (TPSA) is 55.8 Å². The summed E-state index contributed by atoms with van der Waals surface area (Å²) in [6, 6.07) is 3.87. The molecular weight excluding hydrogens is 373 g/mol. The number of carbonyl (C=O) groups is 1. The predicted octanol–water partition coefficient (Wildman–Crippen LogP) is 5.09. The fourth-order valence-electron chi connectivity index (χ4n) is 4.29. The number of carbonyl (C=O) groups excluding carboxylic acids is 1. The summed E-state index contributed by atoms with van der Waals surface area (Å²) in [6.07, 6.45) is -5.84. The van der Waals surface area contributed by atoms with Crippen molar-refractivity contribution in [1.29, 1.82) is 0 Å². The lowest BCUT2D eigenvalue weighted by molar-refractivity contribution is -0.232. The minimum absolute atomic E-state index is 0.116. The lowest BCUT2D eigenvalue weighted by Crippen LogP contribution is -2.41. The van der Waals surface area contributed by atoms with Crippen molar-refractivity contribution in [3.63, 3.8) is 0 Å². The first-order valence-electron chi connectivity index (χ1n) is 9.42. The van der Waals surface area contributed by atoms with Gasteiger partial charge in [-0.05, 0) is 70.1 Å². The van der Waals surface area contributed by atoms with Gasteiger partial charge in [0.05, 0.1) is 6.10 Å². The molecule has 1 N–H and O–H groups in total. The predicted molar refractivity (Wildman–Crippen MR) is 97.9 cm³/mol. The summed E-state index contributed by atoms with van der Waals surface area (Å²) in [7, 11) is 0. The molecule has 7 heteroatoms. The number of aliphatic hydroxyl groups is 1. The molecule has 1 spiro atoms. The Bertz CT molecular complexity index is 794. The molecule has 1 aliphatic heterocycles. The molecule has 0 saturated heterocycles. The third kappa shape index (κ3) is 3.64. The van der Waals surface area contributed by atoms with Crippen LogP contribution in [0.15, 0.2) is 17.9 Å². The molecule has 0 aromatic heterocycles. The first-order chi connectivity index (χ1) is 12.9. The van der Waals surface area contributed by atoms with Crippen molar-refractivity contribution >= 4 is 11.5 Å². The number of aryl methyl sites for hydroxylation is 3. The van der Waals surface area contributed by atoms with Crippen molar-refractivity contribution in [3.8, 4) is 0 Å². The maximum absolute atomic E-state index is 12.7. The molecule has 2 aliphatic rings. The second-order valence-electron chi connectivity index (χ2n) is 7.90. The quantitative estimate of drug-likeness (QED) is 0.721. The average molecular weight is 398 g/mol. The maximum atomic E-state index is 12.7. The minimum Gasteiger partial charge on any atom is -0.507 e. The zero-order chi connectivity index (χ0) is 20.9. The number of alkyl halides is 3. The number of ether oxygens (including phenoxy) is 2. The van der Waals surface area contributed by atoms with E-state index >= 15 is 0 Å². The Morgan fingerprint density at radius 3 is 2.21 bits per heavy atom. The van der Waals surface area contributed by atoms with Crippen LogP contribution in [0.1, 0.15) is 54.9 Å². The summed E-state index contributed by atoms with van der Waals surface area (Å²) in [4.78, 5) is 12.6. The van der Waals surface area contributed by atoms with E-state index in [0.29, 0.717) is 5.56 Å². The molecule has 1 atom stereocenters. The first kappa shape index (κ1) is 20.7. The molecular formula is C21H25F3O4. The van der Waals surface area contributed by atoms with Crippen molar-refractivity contribution in [1.82, 2.24) is 0 Å². The highest BCUT2D eigenvalue weighted by Crippen LogP contribution is 2.47. The van der Waals surface area contributed by atoms with Gasteiger partial charge in [-0.1, -0.05) is 17.7 Å². The Kier molecular flexibility index (Phi) is 5.25. The Labute approximate surface area is 162 Å². The number of halogens is 3. The van der Waals surface area contributed by atoms with Gasteiger partial charge >= 0.3 is 12.1 Å². The number of esters is 1. The summed E-state index contributed by atoms with van der Waals surface area (Å²) in [6.45, 7) is 6.68. The van der Waals surface area contributed by atoms with Crippen molar-refractivity contribution in [2.75, 3.05) is 0 Å². The molecule has 1 aliphatic carbocycles. The van der Waals surface area contributed by atoms with E-state index in [-0.39, 0.29) is 37.0 Å². The highest BCUT2D eigenvalue weighted by molar-refractivity contribution is 6.20. The van der Waals surface area contributed by atoms with E-state index in [1.165, 1.54) is 0 Å². The van der Waals surface area contributed by atoms with Gasteiger partial charge in [-0.2, -0.15) is 13.2 Å². The molecule has 4 nitrogen and oxygen atoms in total. The Hall–Kier alpha value is -2.02. The third-order valence-electron chi connectivity index (χ3n) is 5.69. The monoisotopic (exact) mass is 398 g/mol. The van der Waals surface area contributed by atoms with Gasteiger partial charge in [-0.3, -0.25) is 0 Å². The van der Waals surface area contributed by atoms with Gasteiger partial charge < -0.3 is 14.6 Å². The average Bonchev–Trinajstić information content (AvgIpc) is 2.80. The Morgan fingerprint density at radius 1 is 1.18 bits per heavy atom. The summed E-state index contributed by atoms with van der Waals surface area (Å²) in [5.74, 6) is -0.703. The largest absolute Gasteiger partial charge is 0.507 e. The van der Waals surface area contributed by atoms with Crippen LogP contribution >= 0.6 is 0 Å². The van der Waals surface area contributed by atoms with Crippen molar-refractivity contribution in [2.45, 2.75) is 77.4 Å². The van der Waals surface area contributed by atoms with Crippen molar-refractivity contribution in [2.24, 2.45) is 0 Å². The molecule has 1 fully saturated rings. The molecule has 1 aromatic carbocycles. The molecule has 0 bridgehead atoms. The van der Waals surface area contributed by atoms with Crippen LogP contribution in [-0.4, -0.2) is 35.1 Å². The summed E-state index contributed by atoms with van der Waals surface area (Å²) in [5, 5.41) is 10.9. The van der Waals surface area contributed by atoms with Crippen LogP contribution in [0, 0.1) is 20.8 Å². The lowest BCUT2D eigenvalue weighted by atomic mass is 9.80. The minimum atomic E-state index is -4.41. The van der Waals surface area contributed by atoms with Crippen LogP contribution in [0.4, 0.5) is 13.2 Å². The number of rotatable bonds is 3. The van der Waals surface area contributed by atoms with Crippen LogP contribution in [0.2, 0.25) is 0 Å². The fourth-order valence-corrected chi connectivity index (χ4v) is 4.29. The van der Waals surface area contributed by atoms with E-state index in [4.69, 9.17) is 9.47 Å². The van der Waals surface area contributed by atoms with Gasteiger partial charge in [0.2, 0.25) is 0 Å². The molecule has 154 valence electrons. The second kappa shape index (κ2) is 7.10. The van der Waals surface area contributed by atoms with Gasteiger partial charge in [-0.25, -0.2) is 4.79 Å². The number of hydrogen-bond donors (Lipinski definition) is 1. The van der Waals surface area contributed by atoms with Crippen LogP contribution in [0.25, 0.3) is 5.57 Å². The summed E-state index contributed by atoms with van der Waals surface area (Å²) >= 11 is 0. The van der Waals surface area contributed by atoms with Crippen LogP contribution in [-0.2, 0) is 14.3 Å². The van der Waals surface area contributed by atoms with Crippen LogP contribution in [0.3, 0.4) is 0 Å². The van der Waals surface area contributed by atoms with Gasteiger partial charge in [0.1, 0.15) is 5.57 Å². The summed E-state index contributed by atoms with van der Waals surface area (Å²) in [5.41, 5.74) is 2.44. The maximum Gasteiger partial charge on any atom is 0.414 e. The molecule has 28 heavy (non-hydrogen) atoms. The zero-order valence-corrected chi connectivity index (χ0v) is 16.4. The highest BCUT2D eigenvalue weighted by Gasteiger charge is 2.51. The van der Waals surface area contributed by atoms with Gasteiger partial charge in [-0.15, -0.1) is 0 Å². The van der Waals surface area contributed by atoms with Gasteiger partial charge in [0.25, 0.3) is 0 Å². The Balaban J connectivity index is 1.83. The van der Waals surface area contributed by atoms with E-state index in [1.54, 1.807) is 0 Å². The van der Waals surface area contributed by atoms with Gasteiger partial charge in [0.15, 0.2) is 17.5 Å². The molecule has 0 radical (unpaired) electrons. The van der Waals surface area contributed by atoms with E-state index in [9.17, 15) is 23.1 Å². The number of aliphatic hydroxyl groups excluding tert-OH is 1. The molecule has 1 aromatic rings. The third-order valence-corrected chi connectivity index (χ3v) is 5.69. The second-order valence-corrected chi connectivity index (χ2v) is 7.90. The zero-order valence-electron chi connectivity index (χ0n) is 16.4. The van der Waals surface area contributed by atoms with E-state index < -0.39 is 30.0 Å². The Morgan fingerprint density at radius 2 is 1.71 bits per heavy atom. The van der Waals surface area contributed by atoms with Crippen molar-refractivity contribution < 1.29 is 32.5 Å². The first-order valence-corrected chi connectivity index (χ1v) is 9.42. The molecule has 1 unspecified atom stereocenters. The molecule has 3 rings (SSSR count). The molecule has 0 amide bonds. The standard InChI is InChI=1S/C21H25F3O4/c1-11-9-12(2)16(13(3)10-11)17-18(25)20(28-19(17)26)7-5-15(6-8-20)27-14(4)21(22,23)24/h9-10,14-15,25H,5-8H2,1-4H3. The SMILES string of the molecule is Cc1cc(C)c(C2=C(O)C3(CCC(OC(C)C(F)(F)F)CC3)OC2=O)c(C)c1. The molecule has 1 saturated carbocycles.